The van der Waals surface area contributed by atoms with Crippen molar-refractivity contribution in [2.45, 2.75) is 64.8 Å². The molecule has 102 valence electrons. The van der Waals surface area contributed by atoms with Crippen LogP contribution in [-0.4, -0.2) is 24.6 Å². The van der Waals surface area contributed by atoms with E-state index in [1.54, 1.807) is 0 Å². The van der Waals surface area contributed by atoms with Gasteiger partial charge in [0.1, 0.15) is 0 Å². The molecule has 1 aliphatic rings. The Labute approximate surface area is 113 Å². The Morgan fingerprint density at radius 1 is 1.12 bits per heavy atom. The monoisotopic (exact) mass is 257 g/mol. The van der Waals surface area contributed by atoms with Crippen molar-refractivity contribution in [3.63, 3.8) is 0 Å². The van der Waals surface area contributed by atoms with Crippen molar-refractivity contribution in [2.75, 3.05) is 18.6 Å². The Morgan fingerprint density at radius 3 is 2.59 bits per heavy atom. The molecule has 0 heterocycles. The van der Waals surface area contributed by atoms with Gasteiger partial charge in [0.05, 0.1) is 0 Å². The molecule has 0 aromatic heterocycles. The van der Waals surface area contributed by atoms with Crippen LogP contribution in [0.25, 0.3) is 0 Å². The van der Waals surface area contributed by atoms with Crippen LogP contribution in [0.5, 0.6) is 0 Å². The van der Waals surface area contributed by atoms with Gasteiger partial charge in [0.2, 0.25) is 0 Å². The molecule has 0 bridgehead atoms. The van der Waals surface area contributed by atoms with Crippen molar-refractivity contribution in [3.05, 3.63) is 0 Å². The maximum Gasteiger partial charge on any atom is 0.00977 e. The number of rotatable bonds is 8. The molecule has 1 fully saturated rings. The molecule has 2 atom stereocenters. The molecule has 0 saturated heterocycles. The first kappa shape index (κ1) is 15.4. The molecule has 0 aliphatic heterocycles. The van der Waals surface area contributed by atoms with Crippen LogP contribution in [0.3, 0.4) is 0 Å². The van der Waals surface area contributed by atoms with Gasteiger partial charge >= 0.3 is 0 Å². The number of nitrogens with one attached hydrogen (secondary N) is 1. The smallest absolute Gasteiger partial charge is 0.00977 e. The van der Waals surface area contributed by atoms with Crippen LogP contribution in [0.2, 0.25) is 0 Å². The van der Waals surface area contributed by atoms with Gasteiger partial charge in [-0.15, -0.1) is 0 Å². The minimum Gasteiger partial charge on any atom is -0.314 e. The van der Waals surface area contributed by atoms with Crippen molar-refractivity contribution in [1.29, 1.82) is 0 Å². The van der Waals surface area contributed by atoms with Crippen LogP contribution in [0, 0.1) is 11.8 Å². The van der Waals surface area contributed by atoms with Crippen molar-refractivity contribution >= 4 is 11.8 Å². The van der Waals surface area contributed by atoms with Gasteiger partial charge < -0.3 is 5.32 Å². The van der Waals surface area contributed by atoms with Gasteiger partial charge in [0.25, 0.3) is 0 Å². The summed E-state index contributed by atoms with van der Waals surface area (Å²) in [5, 5.41) is 3.82. The minimum atomic E-state index is 0.810. The second-order valence-corrected chi connectivity index (χ2v) is 6.79. The van der Waals surface area contributed by atoms with E-state index in [1.165, 1.54) is 57.2 Å². The van der Waals surface area contributed by atoms with Crippen LogP contribution in [0.4, 0.5) is 0 Å². The van der Waals surface area contributed by atoms with Gasteiger partial charge in [-0.3, -0.25) is 0 Å². The predicted molar refractivity (Wildman–Crippen MR) is 80.8 cm³/mol. The average molecular weight is 257 g/mol. The average Bonchev–Trinajstić information content (AvgIpc) is 2.34. The first-order valence-corrected chi connectivity index (χ1v) is 8.87. The third kappa shape index (κ3) is 6.15. The normalized spacial score (nSPS) is 25.4. The molecule has 0 aromatic rings. The van der Waals surface area contributed by atoms with Gasteiger partial charge in [0, 0.05) is 6.04 Å². The van der Waals surface area contributed by atoms with Crippen LogP contribution in [-0.2, 0) is 0 Å². The van der Waals surface area contributed by atoms with Crippen molar-refractivity contribution in [2.24, 2.45) is 11.8 Å². The lowest BCUT2D eigenvalue weighted by Gasteiger charge is -2.35. The van der Waals surface area contributed by atoms with Crippen molar-refractivity contribution in [3.8, 4) is 0 Å². The lowest BCUT2D eigenvalue weighted by molar-refractivity contribution is 0.205. The van der Waals surface area contributed by atoms with E-state index in [2.05, 4.69) is 25.4 Å². The Kier molecular flexibility index (Phi) is 8.38. The fraction of sp³-hybridized carbons (Fsp3) is 1.00. The highest BCUT2D eigenvalue weighted by Crippen LogP contribution is 2.30. The van der Waals surface area contributed by atoms with E-state index < -0.39 is 0 Å². The van der Waals surface area contributed by atoms with Gasteiger partial charge in [-0.25, -0.2) is 0 Å². The highest BCUT2D eigenvalue weighted by Gasteiger charge is 2.26. The standard InChI is InChI=1S/C15H31NS/c1-13(2)14-9-5-6-10-15(14)16-11-7-4-8-12-17-3/h13-16H,4-12H2,1-3H3. The fourth-order valence-electron chi connectivity index (χ4n) is 3.05. The zero-order valence-electron chi connectivity index (χ0n) is 12.0. The fourth-order valence-corrected chi connectivity index (χ4v) is 3.54. The molecule has 0 spiro atoms. The molecule has 0 aromatic carbocycles. The second-order valence-electron chi connectivity index (χ2n) is 5.81. The van der Waals surface area contributed by atoms with E-state index in [4.69, 9.17) is 0 Å². The van der Waals surface area contributed by atoms with Gasteiger partial charge in [-0.05, 0) is 56.1 Å². The molecule has 17 heavy (non-hydrogen) atoms. The molecular weight excluding hydrogens is 226 g/mol. The van der Waals surface area contributed by atoms with Crippen molar-refractivity contribution in [1.82, 2.24) is 5.32 Å². The summed E-state index contributed by atoms with van der Waals surface area (Å²) in [6.07, 6.45) is 12.1. The highest BCUT2D eigenvalue weighted by atomic mass is 32.2. The number of unbranched alkanes of at least 4 members (excludes halogenated alkanes) is 2. The van der Waals surface area contributed by atoms with Crippen LogP contribution < -0.4 is 5.32 Å². The predicted octanol–water partition coefficient (Wildman–Crippen LogP) is 4.32. The van der Waals surface area contributed by atoms with E-state index in [0.717, 1.165) is 17.9 Å². The first-order chi connectivity index (χ1) is 8.25. The third-order valence-corrected chi connectivity index (χ3v) is 4.80. The van der Waals surface area contributed by atoms with Crippen LogP contribution in [0.15, 0.2) is 0 Å². The van der Waals surface area contributed by atoms with E-state index in [9.17, 15) is 0 Å². The number of hydrogen-bond donors (Lipinski definition) is 1. The van der Waals surface area contributed by atoms with Crippen molar-refractivity contribution < 1.29 is 0 Å². The first-order valence-electron chi connectivity index (χ1n) is 7.48. The molecule has 1 aliphatic carbocycles. The summed E-state index contributed by atoms with van der Waals surface area (Å²) in [4.78, 5) is 0. The number of thioether (sulfide) groups is 1. The largest absolute Gasteiger partial charge is 0.314 e. The van der Waals surface area contributed by atoms with Gasteiger partial charge in [-0.1, -0.05) is 33.1 Å². The Morgan fingerprint density at radius 2 is 1.88 bits per heavy atom. The zero-order valence-corrected chi connectivity index (χ0v) is 12.8. The molecule has 1 rings (SSSR count). The lowest BCUT2D eigenvalue weighted by Crippen LogP contribution is -2.41. The number of hydrogen-bond acceptors (Lipinski definition) is 2. The molecule has 0 amide bonds. The Bertz CT molecular complexity index is 182. The summed E-state index contributed by atoms with van der Waals surface area (Å²) in [5.74, 6) is 3.11. The summed E-state index contributed by atoms with van der Waals surface area (Å²) in [7, 11) is 0. The third-order valence-electron chi connectivity index (χ3n) is 4.11. The van der Waals surface area contributed by atoms with Crippen LogP contribution >= 0.6 is 11.8 Å². The SMILES string of the molecule is CSCCCCCNC1CCCCC1C(C)C. The lowest BCUT2D eigenvalue weighted by atomic mass is 9.78. The molecule has 1 N–H and O–H groups in total. The van der Waals surface area contributed by atoms with Gasteiger partial charge in [-0.2, -0.15) is 11.8 Å². The topological polar surface area (TPSA) is 12.0 Å². The van der Waals surface area contributed by atoms with E-state index in [-0.39, 0.29) is 0 Å². The molecule has 1 nitrogen and oxygen atoms in total. The highest BCUT2D eigenvalue weighted by molar-refractivity contribution is 7.98. The Balaban J connectivity index is 2.11. The van der Waals surface area contributed by atoms with E-state index in [1.807, 2.05) is 11.8 Å². The summed E-state index contributed by atoms with van der Waals surface area (Å²) in [6, 6.07) is 0.810. The molecule has 1 saturated carbocycles. The van der Waals surface area contributed by atoms with Gasteiger partial charge in [0.15, 0.2) is 0 Å². The maximum atomic E-state index is 3.82. The summed E-state index contributed by atoms with van der Waals surface area (Å²) in [6.45, 7) is 6.02. The Hall–Kier alpha value is 0.310. The molecular formula is C15H31NS. The zero-order chi connectivity index (χ0) is 12.5. The quantitative estimate of drug-likeness (QED) is 0.650. The second kappa shape index (κ2) is 9.27. The molecule has 2 heteroatoms. The molecule has 2 unspecified atom stereocenters. The minimum absolute atomic E-state index is 0.810. The maximum absolute atomic E-state index is 3.82. The van der Waals surface area contributed by atoms with E-state index in [0.29, 0.717) is 0 Å². The summed E-state index contributed by atoms with van der Waals surface area (Å²) < 4.78 is 0. The molecule has 0 radical (unpaired) electrons. The summed E-state index contributed by atoms with van der Waals surface area (Å²) >= 11 is 1.97. The van der Waals surface area contributed by atoms with E-state index >= 15 is 0 Å². The van der Waals surface area contributed by atoms with Crippen LogP contribution in [0.1, 0.15) is 58.8 Å². The summed E-state index contributed by atoms with van der Waals surface area (Å²) in [5.41, 5.74) is 0.